The molecule has 0 saturated carbocycles. The Hall–Kier alpha value is -1.72. The fraction of sp³-hybridized carbons (Fsp3) is 0.467. The molecular weight excluding hydrogens is 256 g/mol. The highest BCUT2D eigenvalue weighted by Gasteiger charge is 2.19. The molecule has 0 unspecified atom stereocenters. The summed E-state index contributed by atoms with van der Waals surface area (Å²) in [6.07, 6.45) is 0.639. The molecule has 20 heavy (non-hydrogen) atoms. The molecule has 110 valence electrons. The van der Waals surface area contributed by atoms with Crippen LogP contribution >= 0.6 is 0 Å². The summed E-state index contributed by atoms with van der Waals surface area (Å²) >= 11 is 0. The normalized spacial score (nSPS) is 15.2. The van der Waals surface area contributed by atoms with E-state index in [1.165, 1.54) is 6.92 Å². The lowest BCUT2D eigenvalue weighted by Crippen LogP contribution is -2.45. The number of nitrogens with one attached hydrogen (secondary N) is 2. The van der Waals surface area contributed by atoms with Gasteiger partial charge in [0.2, 0.25) is 5.91 Å². The van der Waals surface area contributed by atoms with Gasteiger partial charge in [0, 0.05) is 12.5 Å². The molecule has 0 fully saturated rings. The molecule has 3 N–H and O–H groups in total. The van der Waals surface area contributed by atoms with Crippen LogP contribution in [-0.2, 0) is 16.0 Å². The zero-order valence-corrected chi connectivity index (χ0v) is 11.9. The van der Waals surface area contributed by atoms with Gasteiger partial charge in [0.15, 0.2) is 0 Å². The number of benzene rings is 1. The molecule has 1 rings (SSSR count). The Bertz CT molecular complexity index is 420. The lowest BCUT2D eigenvalue weighted by atomic mass is 10.0. The van der Waals surface area contributed by atoms with Crippen molar-refractivity contribution in [2.24, 2.45) is 0 Å². The first kappa shape index (κ1) is 16.3. The average molecular weight is 278 g/mol. The van der Waals surface area contributed by atoms with Crippen molar-refractivity contribution in [2.45, 2.75) is 38.0 Å². The van der Waals surface area contributed by atoms with Gasteiger partial charge in [-0.25, -0.2) is 0 Å². The van der Waals surface area contributed by atoms with Crippen molar-refractivity contribution in [3.8, 4) is 0 Å². The molecule has 0 heterocycles. The fourth-order valence-electron chi connectivity index (χ4n) is 1.91. The van der Waals surface area contributed by atoms with Crippen molar-refractivity contribution in [3.63, 3.8) is 0 Å². The van der Waals surface area contributed by atoms with E-state index in [1.807, 2.05) is 30.3 Å². The van der Waals surface area contributed by atoms with Crippen molar-refractivity contribution in [2.75, 3.05) is 7.05 Å². The van der Waals surface area contributed by atoms with Gasteiger partial charge >= 0.3 is 0 Å². The third-order valence-corrected chi connectivity index (χ3v) is 3.16. The van der Waals surface area contributed by atoms with Crippen molar-refractivity contribution in [1.82, 2.24) is 10.6 Å². The van der Waals surface area contributed by atoms with Gasteiger partial charge < -0.3 is 20.5 Å². The van der Waals surface area contributed by atoms with Gasteiger partial charge in [-0.05, 0) is 26.0 Å². The highest BCUT2D eigenvalue weighted by atomic mass is 16.3. The van der Waals surface area contributed by atoms with Crippen LogP contribution in [0.15, 0.2) is 30.3 Å². The summed E-state index contributed by atoms with van der Waals surface area (Å²) in [5.74, 6) is -0.252. The van der Waals surface area contributed by atoms with Crippen LogP contribution in [0.3, 0.4) is 0 Å². The molecule has 1 amide bonds. The third-order valence-electron chi connectivity index (χ3n) is 3.16. The Morgan fingerprint density at radius 2 is 2.00 bits per heavy atom. The van der Waals surface area contributed by atoms with E-state index in [9.17, 15) is 14.7 Å². The highest BCUT2D eigenvalue weighted by molar-refractivity contribution is 5.80. The highest BCUT2D eigenvalue weighted by Crippen LogP contribution is 2.06. The topological polar surface area (TPSA) is 78.4 Å². The van der Waals surface area contributed by atoms with E-state index in [0.29, 0.717) is 6.29 Å². The van der Waals surface area contributed by atoms with Gasteiger partial charge in [-0.15, -0.1) is 0 Å². The Morgan fingerprint density at radius 3 is 2.50 bits per heavy atom. The maximum atomic E-state index is 11.9. The first-order valence-corrected chi connectivity index (χ1v) is 6.70. The first-order chi connectivity index (χ1) is 9.56. The molecule has 1 aromatic rings. The molecule has 0 spiro atoms. The standard InChI is InChI=1S/C15H22N2O3/c1-11(19)14(10-18)17-15(20)9-13(16-2)8-12-6-4-3-5-7-12/h3-7,10-11,13-14,16,19H,8-9H2,1-2H3,(H,17,20)/t11-,13+,14-/m1/s1. The number of aldehydes is 1. The number of hydrogen-bond donors (Lipinski definition) is 3. The van der Waals surface area contributed by atoms with E-state index < -0.39 is 12.1 Å². The van der Waals surface area contributed by atoms with Crippen molar-refractivity contribution in [3.05, 3.63) is 35.9 Å². The number of aliphatic hydroxyl groups excluding tert-OH is 1. The summed E-state index contributed by atoms with van der Waals surface area (Å²) in [7, 11) is 1.80. The monoisotopic (exact) mass is 278 g/mol. The molecule has 0 aliphatic heterocycles. The Morgan fingerprint density at radius 1 is 1.35 bits per heavy atom. The van der Waals surface area contributed by atoms with Crippen molar-refractivity contribution < 1.29 is 14.7 Å². The van der Waals surface area contributed by atoms with Crippen LogP contribution in [0.2, 0.25) is 0 Å². The summed E-state index contributed by atoms with van der Waals surface area (Å²) in [4.78, 5) is 22.6. The number of carbonyl (C=O) groups is 2. The van der Waals surface area contributed by atoms with Crippen LogP contribution in [0, 0.1) is 0 Å². The quantitative estimate of drug-likeness (QED) is 0.597. The van der Waals surface area contributed by atoms with Crippen LogP contribution in [0.5, 0.6) is 0 Å². The summed E-state index contributed by atoms with van der Waals surface area (Å²) in [5, 5.41) is 14.9. The molecule has 1 aromatic carbocycles. The van der Waals surface area contributed by atoms with Gasteiger partial charge in [-0.1, -0.05) is 30.3 Å². The maximum Gasteiger partial charge on any atom is 0.222 e. The van der Waals surface area contributed by atoms with Crippen LogP contribution in [0.25, 0.3) is 0 Å². The molecule has 0 aliphatic carbocycles. The lowest BCUT2D eigenvalue weighted by molar-refractivity contribution is -0.126. The van der Waals surface area contributed by atoms with Gasteiger partial charge in [-0.2, -0.15) is 0 Å². The summed E-state index contributed by atoms with van der Waals surface area (Å²) in [5.41, 5.74) is 1.14. The first-order valence-electron chi connectivity index (χ1n) is 6.70. The second-order valence-electron chi connectivity index (χ2n) is 4.85. The SMILES string of the molecule is CN[C@H](CC(=O)N[C@H](C=O)[C@@H](C)O)Cc1ccccc1. The van der Waals surface area contributed by atoms with Crippen molar-refractivity contribution >= 4 is 12.2 Å². The molecule has 0 aromatic heterocycles. The Labute approximate surface area is 119 Å². The second-order valence-corrected chi connectivity index (χ2v) is 4.85. The number of likely N-dealkylation sites (N-methyl/N-ethyl adjacent to an activating group) is 1. The van der Waals surface area contributed by atoms with Crippen molar-refractivity contribution in [1.29, 1.82) is 0 Å². The molecular formula is C15H22N2O3. The van der Waals surface area contributed by atoms with E-state index in [2.05, 4.69) is 10.6 Å². The number of rotatable bonds is 8. The largest absolute Gasteiger partial charge is 0.391 e. The predicted molar refractivity (Wildman–Crippen MR) is 77.3 cm³/mol. The lowest BCUT2D eigenvalue weighted by Gasteiger charge is -2.19. The molecule has 0 bridgehead atoms. The smallest absolute Gasteiger partial charge is 0.222 e. The minimum Gasteiger partial charge on any atom is -0.391 e. The van der Waals surface area contributed by atoms with E-state index in [1.54, 1.807) is 7.05 Å². The summed E-state index contributed by atoms with van der Waals surface area (Å²) < 4.78 is 0. The summed E-state index contributed by atoms with van der Waals surface area (Å²) in [6.45, 7) is 1.47. The number of hydrogen-bond acceptors (Lipinski definition) is 4. The minimum absolute atomic E-state index is 0.0151. The van der Waals surface area contributed by atoms with Crippen LogP contribution in [0.1, 0.15) is 18.9 Å². The van der Waals surface area contributed by atoms with Gasteiger partial charge in [0.1, 0.15) is 12.3 Å². The number of carbonyl (C=O) groups excluding carboxylic acids is 2. The fourth-order valence-corrected chi connectivity index (χ4v) is 1.91. The molecule has 0 radical (unpaired) electrons. The van der Waals surface area contributed by atoms with E-state index in [-0.39, 0.29) is 18.4 Å². The maximum absolute atomic E-state index is 11.9. The predicted octanol–water partition coefficient (Wildman–Crippen LogP) is 0.272. The van der Waals surface area contributed by atoms with E-state index in [4.69, 9.17) is 0 Å². The third kappa shape index (κ3) is 5.50. The van der Waals surface area contributed by atoms with Gasteiger partial charge in [0.25, 0.3) is 0 Å². The van der Waals surface area contributed by atoms with Crippen LogP contribution in [-0.4, -0.2) is 42.5 Å². The van der Waals surface area contributed by atoms with E-state index >= 15 is 0 Å². The molecule has 5 nitrogen and oxygen atoms in total. The van der Waals surface area contributed by atoms with Crippen LogP contribution < -0.4 is 10.6 Å². The molecule has 0 aliphatic rings. The van der Waals surface area contributed by atoms with Crippen LogP contribution in [0.4, 0.5) is 0 Å². The molecule has 5 heteroatoms. The van der Waals surface area contributed by atoms with E-state index in [0.717, 1.165) is 12.0 Å². The second kappa shape index (κ2) is 8.45. The Balaban J connectivity index is 2.51. The Kier molecular flexibility index (Phi) is 6.90. The number of aliphatic hydroxyl groups is 1. The average Bonchev–Trinajstić information content (AvgIpc) is 2.44. The zero-order valence-electron chi connectivity index (χ0n) is 11.9. The summed E-state index contributed by atoms with van der Waals surface area (Å²) in [6, 6.07) is 9.01. The molecule has 0 saturated heterocycles. The van der Waals surface area contributed by atoms with Gasteiger partial charge in [-0.3, -0.25) is 4.79 Å². The zero-order chi connectivity index (χ0) is 15.0. The number of amides is 1. The van der Waals surface area contributed by atoms with Gasteiger partial charge in [0.05, 0.1) is 6.10 Å². The minimum atomic E-state index is -0.890. The molecule has 3 atom stereocenters.